The first-order valence-corrected chi connectivity index (χ1v) is 9.81. The van der Waals surface area contributed by atoms with Gasteiger partial charge in [-0.3, -0.25) is 4.79 Å². The number of para-hydroxylation sites is 1. The second kappa shape index (κ2) is 8.25. The number of carbonyl (C=O) groups is 2. The van der Waals surface area contributed by atoms with E-state index in [4.69, 9.17) is 0 Å². The predicted molar refractivity (Wildman–Crippen MR) is 109 cm³/mol. The zero-order valence-corrected chi connectivity index (χ0v) is 15.7. The van der Waals surface area contributed by atoms with Gasteiger partial charge in [-0.05, 0) is 18.9 Å². The number of hydrogen-bond donors (Lipinski definition) is 3. The van der Waals surface area contributed by atoms with Crippen molar-refractivity contribution in [3.8, 4) is 0 Å². The Morgan fingerprint density at radius 1 is 0.929 bits per heavy atom. The van der Waals surface area contributed by atoms with Crippen LogP contribution in [-0.2, 0) is 4.79 Å². The van der Waals surface area contributed by atoms with Crippen LogP contribution in [0.2, 0.25) is 0 Å². The lowest BCUT2D eigenvalue weighted by Gasteiger charge is -2.23. The summed E-state index contributed by atoms with van der Waals surface area (Å²) in [6, 6.07) is 17.0. The molecule has 2 aromatic rings. The van der Waals surface area contributed by atoms with E-state index in [1.54, 1.807) is 0 Å². The Hall–Kier alpha value is -3.15. The van der Waals surface area contributed by atoms with E-state index < -0.39 is 6.17 Å². The van der Waals surface area contributed by atoms with Crippen molar-refractivity contribution in [2.24, 2.45) is 4.99 Å². The Kier molecular flexibility index (Phi) is 5.37. The summed E-state index contributed by atoms with van der Waals surface area (Å²) >= 11 is 0. The van der Waals surface area contributed by atoms with Gasteiger partial charge in [0.2, 0.25) is 6.17 Å². The minimum atomic E-state index is -0.994. The van der Waals surface area contributed by atoms with Crippen molar-refractivity contribution in [1.29, 1.82) is 0 Å². The number of anilines is 1. The van der Waals surface area contributed by atoms with E-state index in [-0.39, 0.29) is 18.0 Å². The van der Waals surface area contributed by atoms with E-state index in [0.717, 1.165) is 36.8 Å². The predicted octanol–water partition coefficient (Wildman–Crippen LogP) is 3.43. The molecule has 28 heavy (non-hydrogen) atoms. The fraction of sp³-hybridized carbons (Fsp3) is 0.318. The van der Waals surface area contributed by atoms with Crippen molar-refractivity contribution < 1.29 is 9.59 Å². The Bertz CT molecular complexity index is 888. The molecule has 1 unspecified atom stereocenters. The molecule has 0 aromatic heterocycles. The van der Waals surface area contributed by atoms with Crippen LogP contribution in [0.3, 0.4) is 0 Å². The zero-order chi connectivity index (χ0) is 19.3. The van der Waals surface area contributed by atoms with Gasteiger partial charge in [-0.25, -0.2) is 9.79 Å². The van der Waals surface area contributed by atoms with Gasteiger partial charge in [0.15, 0.2) is 0 Å². The lowest BCUT2D eigenvalue weighted by Crippen LogP contribution is -2.50. The summed E-state index contributed by atoms with van der Waals surface area (Å²) in [5.41, 5.74) is 3.09. The highest BCUT2D eigenvalue weighted by Crippen LogP contribution is 2.23. The molecule has 2 aromatic carbocycles. The lowest BCUT2D eigenvalue weighted by molar-refractivity contribution is -0.117. The van der Waals surface area contributed by atoms with Gasteiger partial charge in [-0.2, -0.15) is 0 Å². The van der Waals surface area contributed by atoms with Crippen molar-refractivity contribution in [3.05, 3.63) is 65.7 Å². The molecule has 144 valence electrons. The largest absolute Gasteiger partial charge is 0.335 e. The van der Waals surface area contributed by atoms with Gasteiger partial charge in [-0.15, -0.1) is 0 Å². The normalized spacial score (nSPS) is 19.6. The molecule has 3 amide bonds. The first-order valence-electron chi connectivity index (χ1n) is 9.81. The second-order valence-electron chi connectivity index (χ2n) is 7.23. The van der Waals surface area contributed by atoms with Crippen LogP contribution in [0, 0.1) is 0 Å². The molecule has 0 spiro atoms. The van der Waals surface area contributed by atoms with Gasteiger partial charge in [0, 0.05) is 17.2 Å². The van der Waals surface area contributed by atoms with Crippen LogP contribution in [0.1, 0.15) is 43.2 Å². The van der Waals surface area contributed by atoms with Crippen LogP contribution in [0.5, 0.6) is 0 Å². The van der Waals surface area contributed by atoms with E-state index in [1.807, 2.05) is 54.6 Å². The number of hydrogen-bond acceptors (Lipinski definition) is 3. The number of aliphatic imine (C=N–C) groups is 1. The summed E-state index contributed by atoms with van der Waals surface area (Å²) in [4.78, 5) is 29.8. The van der Waals surface area contributed by atoms with Crippen molar-refractivity contribution in [3.63, 3.8) is 0 Å². The van der Waals surface area contributed by atoms with Crippen LogP contribution in [0.15, 0.2) is 59.6 Å². The molecule has 1 saturated carbocycles. The minimum Gasteiger partial charge on any atom is -0.335 e. The molecule has 6 nitrogen and oxygen atoms in total. The van der Waals surface area contributed by atoms with E-state index >= 15 is 0 Å². The zero-order valence-electron chi connectivity index (χ0n) is 15.7. The highest BCUT2D eigenvalue weighted by atomic mass is 16.2. The summed E-state index contributed by atoms with van der Waals surface area (Å²) in [6.45, 7) is 0. The van der Waals surface area contributed by atoms with E-state index in [9.17, 15) is 9.59 Å². The van der Waals surface area contributed by atoms with Crippen molar-refractivity contribution in [2.75, 3.05) is 5.32 Å². The molecule has 4 rings (SSSR count). The van der Waals surface area contributed by atoms with Crippen molar-refractivity contribution >= 4 is 23.3 Å². The number of carbonyl (C=O) groups excluding carboxylic acids is 2. The lowest BCUT2D eigenvalue weighted by atomic mass is 9.96. The number of nitrogens with zero attached hydrogens (tertiary/aromatic N) is 1. The highest BCUT2D eigenvalue weighted by Gasteiger charge is 2.27. The SMILES string of the molecule is O=C(NC1CCCCC1)NC1N=C(c2ccccc2)c2ccccc2NC1=O. The van der Waals surface area contributed by atoms with Crippen LogP contribution in [0.25, 0.3) is 0 Å². The maximum absolute atomic E-state index is 12.7. The fourth-order valence-corrected chi connectivity index (χ4v) is 3.78. The molecule has 0 radical (unpaired) electrons. The molecule has 3 N–H and O–H groups in total. The van der Waals surface area contributed by atoms with Gasteiger partial charge in [0.05, 0.1) is 11.4 Å². The first kappa shape index (κ1) is 18.2. The smallest absolute Gasteiger partial charge is 0.317 e. The van der Waals surface area contributed by atoms with Gasteiger partial charge < -0.3 is 16.0 Å². The van der Waals surface area contributed by atoms with Crippen LogP contribution in [0.4, 0.5) is 10.5 Å². The number of rotatable bonds is 3. The monoisotopic (exact) mass is 376 g/mol. The standard InChI is InChI=1S/C22H24N4O2/c27-21-20(26-22(28)23-16-11-5-2-6-12-16)25-19(15-9-3-1-4-10-15)17-13-7-8-14-18(17)24-21/h1,3-4,7-10,13-14,16,20H,2,5-6,11-12H2,(H,24,27)(H2,23,26,28). The Balaban J connectivity index is 1.60. The Morgan fingerprint density at radius 2 is 1.64 bits per heavy atom. The molecule has 1 atom stereocenters. The quantitative estimate of drug-likeness (QED) is 0.767. The third-order valence-corrected chi connectivity index (χ3v) is 5.20. The van der Waals surface area contributed by atoms with E-state index in [0.29, 0.717) is 11.4 Å². The number of nitrogens with one attached hydrogen (secondary N) is 3. The molecule has 0 saturated heterocycles. The Morgan fingerprint density at radius 3 is 2.43 bits per heavy atom. The van der Waals surface area contributed by atoms with Gasteiger partial charge >= 0.3 is 6.03 Å². The molecule has 6 heteroatoms. The number of amides is 3. The highest BCUT2D eigenvalue weighted by molar-refractivity contribution is 6.19. The molecular formula is C22H24N4O2. The van der Waals surface area contributed by atoms with Gasteiger partial charge in [0.25, 0.3) is 5.91 Å². The topological polar surface area (TPSA) is 82.6 Å². The van der Waals surface area contributed by atoms with Gasteiger partial charge in [0.1, 0.15) is 0 Å². The van der Waals surface area contributed by atoms with E-state index in [1.165, 1.54) is 6.42 Å². The molecule has 1 heterocycles. The fourth-order valence-electron chi connectivity index (χ4n) is 3.78. The molecule has 0 bridgehead atoms. The van der Waals surface area contributed by atoms with E-state index in [2.05, 4.69) is 20.9 Å². The third-order valence-electron chi connectivity index (χ3n) is 5.20. The number of benzodiazepines with no additional fused rings is 1. The molecular weight excluding hydrogens is 352 g/mol. The average Bonchev–Trinajstić information content (AvgIpc) is 2.86. The summed E-state index contributed by atoms with van der Waals surface area (Å²) in [5, 5.41) is 8.61. The van der Waals surface area contributed by atoms with Crippen molar-refractivity contribution in [1.82, 2.24) is 10.6 Å². The summed E-state index contributed by atoms with van der Waals surface area (Å²) in [7, 11) is 0. The first-order chi connectivity index (χ1) is 13.7. The van der Waals surface area contributed by atoms with Crippen LogP contribution in [-0.4, -0.2) is 29.9 Å². The minimum absolute atomic E-state index is 0.164. The second-order valence-corrected chi connectivity index (χ2v) is 7.23. The van der Waals surface area contributed by atoms with Crippen LogP contribution >= 0.6 is 0 Å². The Labute approximate surface area is 164 Å². The maximum Gasteiger partial charge on any atom is 0.317 e. The molecule has 1 aliphatic heterocycles. The molecule has 2 aliphatic rings. The number of benzene rings is 2. The summed E-state index contributed by atoms with van der Waals surface area (Å²) < 4.78 is 0. The number of urea groups is 1. The summed E-state index contributed by atoms with van der Waals surface area (Å²) in [6.07, 6.45) is 4.43. The van der Waals surface area contributed by atoms with Gasteiger partial charge in [-0.1, -0.05) is 67.8 Å². The van der Waals surface area contributed by atoms with Crippen LogP contribution < -0.4 is 16.0 Å². The third kappa shape index (κ3) is 4.06. The molecule has 1 aliphatic carbocycles. The average molecular weight is 376 g/mol. The maximum atomic E-state index is 12.7. The molecule has 1 fully saturated rings. The number of fused-ring (bicyclic) bond motifs is 1. The van der Waals surface area contributed by atoms with Crippen molar-refractivity contribution in [2.45, 2.75) is 44.3 Å². The summed E-state index contributed by atoms with van der Waals surface area (Å²) in [5.74, 6) is -0.350.